The molecule has 31 heavy (non-hydrogen) atoms. The lowest BCUT2D eigenvalue weighted by atomic mass is 9.93. The molecule has 0 N–H and O–H groups in total. The monoisotopic (exact) mass is 407 g/mol. The molecule has 0 radical (unpaired) electrons. The molecule has 1 atom stereocenters. The van der Waals surface area contributed by atoms with Gasteiger partial charge in [0.15, 0.2) is 0 Å². The number of fused-ring (bicyclic) bond motifs is 2. The summed E-state index contributed by atoms with van der Waals surface area (Å²) in [6.45, 7) is 1.98. The summed E-state index contributed by atoms with van der Waals surface area (Å²) in [5.74, 6) is 0.784. The van der Waals surface area contributed by atoms with Crippen LogP contribution in [0.2, 0.25) is 0 Å². The number of pyridine rings is 2. The second kappa shape index (κ2) is 8.04. The van der Waals surface area contributed by atoms with E-state index in [4.69, 9.17) is 10.00 Å². The minimum Gasteiger partial charge on any atom is -0.484 e. The Morgan fingerprint density at radius 1 is 1.16 bits per heavy atom. The Balaban J connectivity index is 1.42. The van der Waals surface area contributed by atoms with Gasteiger partial charge in [0.2, 0.25) is 0 Å². The van der Waals surface area contributed by atoms with Gasteiger partial charge in [0.25, 0.3) is 0 Å². The molecule has 3 aromatic heterocycles. The molecule has 1 aliphatic carbocycles. The maximum Gasteiger partial charge on any atom is 0.141 e. The predicted molar refractivity (Wildman–Crippen MR) is 119 cm³/mol. The van der Waals surface area contributed by atoms with E-state index in [2.05, 4.69) is 21.1 Å². The van der Waals surface area contributed by atoms with Crippen LogP contribution in [0.3, 0.4) is 0 Å². The highest BCUT2D eigenvalue weighted by atomic mass is 16.5. The lowest BCUT2D eigenvalue weighted by Gasteiger charge is -2.25. The first-order valence-electron chi connectivity index (χ1n) is 10.3. The fraction of sp³-hybridized carbons (Fsp3) is 0.200. The molecule has 1 aromatic carbocycles. The first-order chi connectivity index (χ1) is 15.2. The van der Waals surface area contributed by atoms with Gasteiger partial charge in [-0.1, -0.05) is 0 Å². The quantitative estimate of drug-likeness (QED) is 0.471. The molecule has 0 amide bonds. The average Bonchev–Trinajstić information content (AvgIpc) is 3.20. The van der Waals surface area contributed by atoms with Crippen LogP contribution in [0, 0.1) is 18.3 Å². The average molecular weight is 407 g/mol. The molecule has 0 spiro atoms. The third-order valence-electron chi connectivity index (χ3n) is 5.53. The Morgan fingerprint density at radius 2 is 2.10 bits per heavy atom. The van der Waals surface area contributed by atoms with Crippen LogP contribution < -0.4 is 4.74 Å². The highest BCUT2D eigenvalue weighted by Crippen LogP contribution is 2.33. The summed E-state index contributed by atoms with van der Waals surface area (Å²) in [6.07, 6.45) is 12.0. The van der Waals surface area contributed by atoms with Crippen molar-refractivity contribution >= 4 is 23.2 Å². The van der Waals surface area contributed by atoms with E-state index >= 15 is 0 Å². The minimum atomic E-state index is -0.111. The van der Waals surface area contributed by atoms with Crippen molar-refractivity contribution in [3.05, 3.63) is 83.1 Å². The number of rotatable bonds is 4. The van der Waals surface area contributed by atoms with E-state index in [1.165, 1.54) is 0 Å². The number of aryl methyl sites for hydroxylation is 2. The summed E-state index contributed by atoms with van der Waals surface area (Å²) in [5, 5.41) is 14.7. The van der Waals surface area contributed by atoms with Crippen LogP contribution in [0.5, 0.6) is 5.75 Å². The molecule has 0 saturated heterocycles. The van der Waals surface area contributed by atoms with E-state index in [0.717, 1.165) is 58.4 Å². The molecule has 5 rings (SSSR count). The van der Waals surface area contributed by atoms with Crippen molar-refractivity contribution in [1.82, 2.24) is 19.7 Å². The number of hydrogen-bond donors (Lipinski definition) is 0. The number of benzene rings is 1. The Hall–Kier alpha value is -3.98. The van der Waals surface area contributed by atoms with Gasteiger partial charge in [-0.05, 0) is 73.7 Å². The highest BCUT2D eigenvalue weighted by molar-refractivity contribution is 5.83. The number of nitriles is 1. The van der Waals surface area contributed by atoms with Crippen LogP contribution in [0.4, 0.5) is 0 Å². The molecule has 1 unspecified atom stereocenters. The van der Waals surface area contributed by atoms with E-state index in [-0.39, 0.29) is 6.10 Å². The van der Waals surface area contributed by atoms with Crippen LogP contribution in [0.15, 0.2) is 55.0 Å². The third kappa shape index (κ3) is 3.90. The zero-order chi connectivity index (χ0) is 21.2. The highest BCUT2D eigenvalue weighted by Gasteiger charge is 2.24. The Morgan fingerprint density at radius 3 is 2.97 bits per heavy atom. The standard InChI is InChI=1S/C25H21N5O/c1-17-11-18(7-9-27-17)8-10-30-23-13-22(6-5-21(23)16-29-30)31-24-4-2-3-20-12-19(14-26)15-28-25(20)24/h5-13,15-16,24H,2-4H2,1H3/b10-8+. The van der Waals surface area contributed by atoms with E-state index in [1.54, 1.807) is 12.4 Å². The van der Waals surface area contributed by atoms with Gasteiger partial charge in [-0.15, -0.1) is 0 Å². The van der Waals surface area contributed by atoms with Gasteiger partial charge in [0.05, 0.1) is 23.0 Å². The molecule has 0 bridgehead atoms. The molecule has 1 aliphatic rings. The zero-order valence-electron chi connectivity index (χ0n) is 17.2. The molecule has 6 nitrogen and oxygen atoms in total. The van der Waals surface area contributed by atoms with E-state index < -0.39 is 0 Å². The summed E-state index contributed by atoms with van der Waals surface area (Å²) in [6, 6.07) is 14.1. The van der Waals surface area contributed by atoms with Crippen molar-refractivity contribution in [2.24, 2.45) is 0 Å². The Labute approximate surface area is 180 Å². The Bertz CT molecular complexity index is 1330. The summed E-state index contributed by atoms with van der Waals surface area (Å²) in [7, 11) is 0. The normalized spacial score (nSPS) is 15.7. The Kier molecular flexibility index (Phi) is 4.93. The van der Waals surface area contributed by atoms with E-state index in [9.17, 15) is 0 Å². The van der Waals surface area contributed by atoms with Gasteiger partial charge in [-0.3, -0.25) is 9.97 Å². The topological polar surface area (TPSA) is 76.6 Å². The molecular weight excluding hydrogens is 386 g/mol. The predicted octanol–water partition coefficient (Wildman–Crippen LogP) is 5.09. The van der Waals surface area contributed by atoms with Crippen LogP contribution >= 0.6 is 0 Å². The minimum absolute atomic E-state index is 0.111. The third-order valence-corrected chi connectivity index (χ3v) is 5.53. The maximum atomic E-state index is 9.14. The second-order valence-electron chi connectivity index (χ2n) is 7.73. The largest absolute Gasteiger partial charge is 0.484 e. The van der Waals surface area contributed by atoms with Crippen molar-refractivity contribution in [2.45, 2.75) is 32.3 Å². The molecule has 152 valence electrons. The summed E-state index contributed by atoms with van der Waals surface area (Å²) >= 11 is 0. The van der Waals surface area contributed by atoms with E-state index in [1.807, 2.05) is 66.5 Å². The van der Waals surface area contributed by atoms with Gasteiger partial charge < -0.3 is 4.74 Å². The summed E-state index contributed by atoms with van der Waals surface area (Å²) < 4.78 is 8.20. The van der Waals surface area contributed by atoms with Crippen molar-refractivity contribution in [1.29, 1.82) is 5.26 Å². The van der Waals surface area contributed by atoms with Crippen LogP contribution in [-0.2, 0) is 6.42 Å². The fourth-order valence-electron chi connectivity index (χ4n) is 4.00. The van der Waals surface area contributed by atoms with Gasteiger partial charge in [-0.25, -0.2) is 4.68 Å². The van der Waals surface area contributed by atoms with Gasteiger partial charge in [-0.2, -0.15) is 10.4 Å². The number of aromatic nitrogens is 4. The lowest BCUT2D eigenvalue weighted by Crippen LogP contribution is -2.17. The van der Waals surface area contributed by atoms with Crippen LogP contribution in [0.25, 0.3) is 23.2 Å². The molecule has 0 aliphatic heterocycles. The molecule has 0 fully saturated rings. The first kappa shape index (κ1) is 19.0. The van der Waals surface area contributed by atoms with Gasteiger partial charge in [0, 0.05) is 35.7 Å². The molecule has 0 saturated carbocycles. The van der Waals surface area contributed by atoms with Crippen LogP contribution in [0.1, 0.15) is 47.0 Å². The lowest BCUT2D eigenvalue weighted by molar-refractivity contribution is 0.178. The van der Waals surface area contributed by atoms with Gasteiger partial charge in [0.1, 0.15) is 17.9 Å². The molecule has 6 heteroatoms. The van der Waals surface area contributed by atoms with Crippen molar-refractivity contribution in [3.63, 3.8) is 0 Å². The van der Waals surface area contributed by atoms with Crippen molar-refractivity contribution < 1.29 is 4.74 Å². The molecule has 3 heterocycles. The number of ether oxygens (including phenoxy) is 1. The number of nitrogens with zero attached hydrogens (tertiary/aromatic N) is 5. The fourth-order valence-corrected chi connectivity index (χ4v) is 4.00. The smallest absolute Gasteiger partial charge is 0.141 e. The van der Waals surface area contributed by atoms with Crippen molar-refractivity contribution in [2.75, 3.05) is 0 Å². The van der Waals surface area contributed by atoms with E-state index in [0.29, 0.717) is 5.56 Å². The molecule has 4 aromatic rings. The summed E-state index contributed by atoms with van der Waals surface area (Å²) in [4.78, 5) is 8.76. The SMILES string of the molecule is Cc1cc(/C=C/n2ncc3ccc(OC4CCCc5cc(C#N)cnc54)cc32)ccn1. The molecular formula is C25H21N5O. The van der Waals surface area contributed by atoms with Crippen molar-refractivity contribution in [3.8, 4) is 11.8 Å². The maximum absolute atomic E-state index is 9.14. The second-order valence-corrected chi connectivity index (χ2v) is 7.73. The zero-order valence-corrected chi connectivity index (χ0v) is 17.2. The summed E-state index contributed by atoms with van der Waals surface area (Å²) in [5.41, 5.74) is 5.67. The first-order valence-corrected chi connectivity index (χ1v) is 10.3. The van der Waals surface area contributed by atoms with Gasteiger partial charge >= 0.3 is 0 Å². The van der Waals surface area contributed by atoms with Crippen LogP contribution in [-0.4, -0.2) is 19.7 Å². The number of hydrogen-bond acceptors (Lipinski definition) is 5.